The summed E-state index contributed by atoms with van der Waals surface area (Å²) >= 11 is 0. The average Bonchev–Trinajstić information content (AvgIpc) is 2.49. The number of nitrogens with zero attached hydrogens (tertiary/aromatic N) is 2. The Morgan fingerprint density at radius 1 is 1.42 bits per heavy atom. The van der Waals surface area contributed by atoms with Gasteiger partial charge in [0, 0.05) is 25.3 Å². The summed E-state index contributed by atoms with van der Waals surface area (Å²) in [4.78, 5) is 6.76. The molecule has 0 unspecified atom stereocenters. The lowest BCUT2D eigenvalue weighted by atomic mass is 10.0. The third-order valence-corrected chi connectivity index (χ3v) is 3.46. The molecular formula is C15H23N3O. The molecule has 104 valence electrons. The van der Waals surface area contributed by atoms with Crippen molar-refractivity contribution in [2.24, 2.45) is 0 Å². The second kappa shape index (κ2) is 7.79. The molecule has 1 saturated heterocycles. The molecule has 0 atom stereocenters. The highest BCUT2D eigenvalue weighted by atomic mass is 16.5. The van der Waals surface area contributed by atoms with Crippen LogP contribution >= 0.6 is 0 Å². The Morgan fingerprint density at radius 2 is 2.26 bits per heavy atom. The normalized spacial score (nSPS) is 16.3. The molecule has 0 amide bonds. The predicted octanol–water partition coefficient (Wildman–Crippen LogP) is 2.19. The zero-order valence-corrected chi connectivity index (χ0v) is 11.4. The highest BCUT2D eigenvalue weighted by Gasteiger charge is 2.19. The second-order valence-corrected chi connectivity index (χ2v) is 4.79. The van der Waals surface area contributed by atoms with Crippen LogP contribution in [0.4, 0.5) is 5.82 Å². The number of nitrogens with one attached hydrogen (secondary N) is 1. The number of hydrogen-bond donors (Lipinski definition) is 1. The topological polar surface area (TPSA) is 37.4 Å². The maximum Gasteiger partial charge on any atom is 0.128 e. The van der Waals surface area contributed by atoms with Gasteiger partial charge in [-0.05, 0) is 37.9 Å². The first-order valence-electron chi connectivity index (χ1n) is 7.02. The fourth-order valence-electron chi connectivity index (χ4n) is 2.40. The van der Waals surface area contributed by atoms with Crippen LogP contribution in [0.25, 0.3) is 0 Å². The SMILES string of the molecule is C=COCCCNC1CCN(c2ccccn2)CC1. The summed E-state index contributed by atoms with van der Waals surface area (Å²) in [6.45, 7) is 7.46. The lowest BCUT2D eigenvalue weighted by molar-refractivity contribution is 0.241. The monoisotopic (exact) mass is 261 g/mol. The molecule has 2 rings (SSSR count). The smallest absolute Gasteiger partial charge is 0.128 e. The van der Waals surface area contributed by atoms with E-state index >= 15 is 0 Å². The molecule has 0 aromatic carbocycles. The first-order valence-corrected chi connectivity index (χ1v) is 7.02. The molecule has 0 spiro atoms. The third-order valence-electron chi connectivity index (χ3n) is 3.46. The van der Waals surface area contributed by atoms with Gasteiger partial charge in [-0.2, -0.15) is 0 Å². The van der Waals surface area contributed by atoms with Crippen LogP contribution in [0.1, 0.15) is 19.3 Å². The van der Waals surface area contributed by atoms with Gasteiger partial charge in [0.05, 0.1) is 12.9 Å². The zero-order valence-electron chi connectivity index (χ0n) is 11.4. The number of aromatic nitrogens is 1. The van der Waals surface area contributed by atoms with Crippen LogP contribution < -0.4 is 10.2 Å². The van der Waals surface area contributed by atoms with Crippen molar-refractivity contribution in [1.82, 2.24) is 10.3 Å². The van der Waals surface area contributed by atoms with E-state index in [1.165, 1.54) is 19.1 Å². The van der Waals surface area contributed by atoms with Crippen LogP contribution in [0.3, 0.4) is 0 Å². The molecule has 1 aliphatic rings. The molecule has 1 aliphatic heterocycles. The van der Waals surface area contributed by atoms with Crippen LogP contribution in [0.2, 0.25) is 0 Å². The molecule has 4 heteroatoms. The lowest BCUT2D eigenvalue weighted by Crippen LogP contribution is -2.43. The lowest BCUT2D eigenvalue weighted by Gasteiger charge is -2.33. The fourth-order valence-corrected chi connectivity index (χ4v) is 2.40. The van der Waals surface area contributed by atoms with Crippen LogP contribution in [-0.4, -0.2) is 37.3 Å². The average molecular weight is 261 g/mol. The Balaban J connectivity index is 1.64. The van der Waals surface area contributed by atoms with Gasteiger partial charge in [-0.15, -0.1) is 0 Å². The van der Waals surface area contributed by atoms with E-state index in [2.05, 4.69) is 27.8 Å². The molecule has 0 saturated carbocycles. The minimum absolute atomic E-state index is 0.628. The molecule has 2 heterocycles. The van der Waals surface area contributed by atoms with Gasteiger partial charge in [0.25, 0.3) is 0 Å². The van der Waals surface area contributed by atoms with Crippen molar-refractivity contribution in [1.29, 1.82) is 0 Å². The Morgan fingerprint density at radius 3 is 2.95 bits per heavy atom. The third kappa shape index (κ3) is 4.56. The number of ether oxygens (including phenoxy) is 1. The largest absolute Gasteiger partial charge is 0.502 e. The first kappa shape index (κ1) is 13.9. The van der Waals surface area contributed by atoms with Crippen molar-refractivity contribution in [3.05, 3.63) is 37.2 Å². The van der Waals surface area contributed by atoms with Crippen molar-refractivity contribution < 1.29 is 4.74 Å². The van der Waals surface area contributed by atoms with Gasteiger partial charge in [-0.25, -0.2) is 4.98 Å². The second-order valence-electron chi connectivity index (χ2n) is 4.79. The van der Waals surface area contributed by atoms with E-state index in [1.807, 2.05) is 18.3 Å². The standard InChI is InChI=1S/C15H23N3O/c1-2-19-13-5-10-16-14-7-11-18(12-8-14)15-6-3-4-9-17-15/h2-4,6,9,14,16H,1,5,7-8,10-13H2. The molecule has 1 N–H and O–H groups in total. The van der Waals surface area contributed by atoms with E-state index in [-0.39, 0.29) is 0 Å². The van der Waals surface area contributed by atoms with Gasteiger partial charge in [-0.1, -0.05) is 12.6 Å². The molecule has 1 fully saturated rings. The van der Waals surface area contributed by atoms with Gasteiger partial charge in [0.2, 0.25) is 0 Å². The van der Waals surface area contributed by atoms with Crippen molar-refractivity contribution in [2.45, 2.75) is 25.3 Å². The number of rotatable bonds is 7. The van der Waals surface area contributed by atoms with Gasteiger partial charge in [0.1, 0.15) is 5.82 Å². The number of piperidine rings is 1. The summed E-state index contributed by atoms with van der Waals surface area (Å²) in [5.41, 5.74) is 0. The number of anilines is 1. The van der Waals surface area contributed by atoms with Gasteiger partial charge in [0.15, 0.2) is 0 Å². The molecule has 0 radical (unpaired) electrons. The highest BCUT2D eigenvalue weighted by molar-refractivity contribution is 5.38. The summed E-state index contributed by atoms with van der Waals surface area (Å²) in [5.74, 6) is 1.10. The van der Waals surface area contributed by atoms with E-state index < -0.39 is 0 Å². The first-order chi connectivity index (χ1) is 9.40. The Hall–Kier alpha value is -1.55. The Labute approximate surface area is 115 Å². The summed E-state index contributed by atoms with van der Waals surface area (Å²) < 4.78 is 5.11. The molecule has 1 aromatic heterocycles. The van der Waals surface area contributed by atoms with Crippen LogP contribution in [-0.2, 0) is 4.74 Å². The van der Waals surface area contributed by atoms with Crippen molar-refractivity contribution in [2.75, 3.05) is 31.1 Å². The quantitative estimate of drug-likeness (QED) is 0.603. The number of hydrogen-bond acceptors (Lipinski definition) is 4. The van der Waals surface area contributed by atoms with E-state index in [4.69, 9.17) is 4.74 Å². The molecule has 0 bridgehead atoms. The summed E-state index contributed by atoms with van der Waals surface area (Å²) in [6.07, 6.45) is 6.76. The number of pyridine rings is 1. The molecule has 4 nitrogen and oxygen atoms in total. The zero-order chi connectivity index (χ0) is 13.3. The van der Waals surface area contributed by atoms with Crippen LogP contribution in [0.5, 0.6) is 0 Å². The van der Waals surface area contributed by atoms with Crippen molar-refractivity contribution in [3.63, 3.8) is 0 Å². The molecule has 0 aliphatic carbocycles. The Kier molecular flexibility index (Phi) is 5.69. The van der Waals surface area contributed by atoms with E-state index in [0.717, 1.165) is 38.5 Å². The Bertz CT molecular complexity index is 361. The van der Waals surface area contributed by atoms with E-state index in [9.17, 15) is 0 Å². The predicted molar refractivity (Wildman–Crippen MR) is 78.2 cm³/mol. The van der Waals surface area contributed by atoms with E-state index in [0.29, 0.717) is 6.04 Å². The highest BCUT2D eigenvalue weighted by Crippen LogP contribution is 2.17. The van der Waals surface area contributed by atoms with E-state index in [1.54, 1.807) is 0 Å². The van der Waals surface area contributed by atoms with Crippen LogP contribution in [0, 0.1) is 0 Å². The molecule has 19 heavy (non-hydrogen) atoms. The minimum atomic E-state index is 0.628. The van der Waals surface area contributed by atoms with Gasteiger partial charge in [-0.3, -0.25) is 0 Å². The summed E-state index contributed by atoms with van der Waals surface area (Å²) in [5, 5.41) is 3.59. The van der Waals surface area contributed by atoms with Crippen molar-refractivity contribution in [3.8, 4) is 0 Å². The fraction of sp³-hybridized carbons (Fsp3) is 0.533. The minimum Gasteiger partial charge on any atom is -0.502 e. The maximum atomic E-state index is 5.11. The molecular weight excluding hydrogens is 238 g/mol. The summed E-state index contributed by atoms with van der Waals surface area (Å²) in [7, 11) is 0. The van der Waals surface area contributed by atoms with Gasteiger partial charge >= 0.3 is 0 Å². The van der Waals surface area contributed by atoms with Gasteiger partial charge < -0.3 is 15.0 Å². The van der Waals surface area contributed by atoms with Crippen molar-refractivity contribution >= 4 is 5.82 Å². The molecule has 1 aromatic rings. The summed E-state index contributed by atoms with van der Waals surface area (Å²) in [6, 6.07) is 6.72. The maximum absolute atomic E-state index is 5.11. The van der Waals surface area contributed by atoms with Crippen LogP contribution in [0.15, 0.2) is 37.2 Å².